The van der Waals surface area contributed by atoms with Gasteiger partial charge in [0.15, 0.2) is 0 Å². The molecule has 1 aromatic carbocycles. The molecule has 0 aromatic heterocycles. The summed E-state index contributed by atoms with van der Waals surface area (Å²) in [7, 11) is -1.14. The fourth-order valence-electron chi connectivity index (χ4n) is 3.83. The topological polar surface area (TPSA) is 29.1 Å². The van der Waals surface area contributed by atoms with Gasteiger partial charge in [-0.05, 0) is 57.6 Å². The van der Waals surface area contributed by atoms with Crippen LogP contribution >= 0.6 is 0 Å². The number of unbranched alkanes of at least 4 members (excludes halogenated alkanes) is 3. The Labute approximate surface area is 163 Å². The lowest BCUT2D eigenvalue weighted by atomic mass is 9.83. The Kier molecular flexibility index (Phi) is 9.63. The zero-order valence-corrected chi connectivity index (χ0v) is 17.7. The largest absolute Gasteiger partial charge is 0.237 e. The van der Waals surface area contributed by atoms with Crippen molar-refractivity contribution in [3.63, 3.8) is 0 Å². The first-order chi connectivity index (χ1) is 12.6. The predicted molar refractivity (Wildman–Crippen MR) is 114 cm³/mol. The van der Waals surface area contributed by atoms with Gasteiger partial charge in [0.2, 0.25) is 0 Å². The monoisotopic (exact) mass is 375 g/mol. The Hall–Kier alpha value is -0.930. The number of aryl methyl sites for hydroxylation is 1. The molecule has 2 rings (SSSR count). The van der Waals surface area contributed by atoms with Gasteiger partial charge in [-0.15, -0.1) is 0 Å². The van der Waals surface area contributed by atoms with Gasteiger partial charge in [-0.2, -0.15) is 0 Å². The number of rotatable bonds is 10. The highest BCUT2D eigenvalue weighted by Crippen LogP contribution is 2.28. The van der Waals surface area contributed by atoms with Crippen molar-refractivity contribution < 1.29 is 4.21 Å². The third kappa shape index (κ3) is 7.36. The number of benzene rings is 1. The lowest BCUT2D eigenvalue weighted by Crippen LogP contribution is -2.37. The maximum atomic E-state index is 12.9. The molecule has 1 saturated carbocycles. The Bertz CT molecular complexity index is 572. The van der Waals surface area contributed by atoms with Gasteiger partial charge in [0.05, 0.1) is 4.90 Å². The first-order valence-corrected chi connectivity index (χ1v) is 11.7. The number of hydrogen-bond donors (Lipinski definition) is 1. The summed E-state index contributed by atoms with van der Waals surface area (Å²) in [4.78, 5) is 0.880. The molecule has 26 heavy (non-hydrogen) atoms. The SMILES string of the molecule is CCCCCC/C(C)=C/C(NS(=O)c1ccc(C)cc1)C1CCCCC1. The minimum absolute atomic E-state index is 0.226. The summed E-state index contributed by atoms with van der Waals surface area (Å²) < 4.78 is 16.3. The second kappa shape index (κ2) is 11.7. The van der Waals surface area contributed by atoms with Gasteiger partial charge in [-0.25, -0.2) is 8.93 Å². The predicted octanol–water partition coefficient (Wildman–Crippen LogP) is 6.47. The van der Waals surface area contributed by atoms with Gasteiger partial charge in [0.25, 0.3) is 0 Å². The highest BCUT2D eigenvalue weighted by atomic mass is 32.2. The minimum atomic E-state index is -1.14. The van der Waals surface area contributed by atoms with Crippen LogP contribution in [0.5, 0.6) is 0 Å². The molecule has 0 bridgehead atoms. The van der Waals surface area contributed by atoms with Gasteiger partial charge in [0.1, 0.15) is 11.0 Å². The average Bonchev–Trinajstić information content (AvgIpc) is 2.66. The maximum absolute atomic E-state index is 12.9. The summed E-state index contributed by atoms with van der Waals surface area (Å²) >= 11 is 0. The quantitative estimate of drug-likeness (QED) is 0.368. The third-order valence-electron chi connectivity index (χ3n) is 5.52. The van der Waals surface area contributed by atoms with E-state index in [2.05, 4.69) is 31.6 Å². The Balaban J connectivity index is 2.02. The zero-order valence-electron chi connectivity index (χ0n) is 16.9. The van der Waals surface area contributed by atoms with E-state index in [4.69, 9.17) is 0 Å². The molecule has 1 aliphatic rings. The summed E-state index contributed by atoms with van der Waals surface area (Å²) in [5, 5.41) is 0. The van der Waals surface area contributed by atoms with Crippen LogP contribution in [0, 0.1) is 12.8 Å². The van der Waals surface area contributed by atoms with Crippen molar-refractivity contribution in [3.8, 4) is 0 Å². The summed E-state index contributed by atoms with van der Waals surface area (Å²) in [5.41, 5.74) is 2.66. The highest BCUT2D eigenvalue weighted by molar-refractivity contribution is 7.83. The van der Waals surface area contributed by atoms with Crippen molar-refractivity contribution in [2.45, 2.75) is 95.9 Å². The second-order valence-corrected chi connectivity index (χ2v) is 9.19. The van der Waals surface area contributed by atoms with Crippen LogP contribution in [0.15, 0.2) is 40.8 Å². The highest BCUT2D eigenvalue weighted by Gasteiger charge is 2.24. The van der Waals surface area contributed by atoms with Gasteiger partial charge < -0.3 is 0 Å². The minimum Gasteiger partial charge on any atom is -0.237 e. The van der Waals surface area contributed by atoms with Crippen LogP contribution in [0.3, 0.4) is 0 Å². The average molecular weight is 376 g/mol. The van der Waals surface area contributed by atoms with Crippen LogP contribution in [-0.2, 0) is 11.0 Å². The molecule has 1 N–H and O–H groups in total. The number of hydrogen-bond acceptors (Lipinski definition) is 1. The summed E-state index contributed by atoms with van der Waals surface area (Å²) in [6.07, 6.45) is 15.2. The molecule has 1 fully saturated rings. The van der Waals surface area contributed by atoms with Crippen LogP contribution in [0.25, 0.3) is 0 Å². The molecule has 2 nitrogen and oxygen atoms in total. The summed E-state index contributed by atoms with van der Waals surface area (Å²) in [6.45, 7) is 6.57. The number of nitrogens with one attached hydrogen (secondary N) is 1. The molecule has 0 aliphatic heterocycles. The summed E-state index contributed by atoms with van der Waals surface area (Å²) in [5.74, 6) is 0.615. The Morgan fingerprint density at radius 1 is 1.15 bits per heavy atom. The van der Waals surface area contributed by atoms with Gasteiger partial charge in [-0.3, -0.25) is 0 Å². The van der Waals surface area contributed by atoms with Crippen LogP contribution in [-0.4, -0.2) is 10.3 Å². The van der Waals surface area contributed by atoms with E-state index in [1.807, 2.05) is 24.3 Å². The van der Waals surface area contributed by atoms with Crippen molar-refractivity contribution in [1.82, 2.24) is 4.72 Å². The van der Waals surface area contributed by atoms with Gasteiger partial charge in [0, 0.05) is 6.04 Å². The molecule has 2 unspecified atom stereocenters. The Morgan fingerprint density at radius 3 is 2.50 bits per heavy atom. The van der Waals surface area contributed by atoms with E-state index < -0.39 is 11.0 Å². The molecule has 3 heteroatoms. The van der Waals surface area contributed by atoms with Crippen molar-refractivity contribution >= 4 is 11.0 Å². The molecular formula is C23H37NOS. The molecule has 0 radical (unpaired) electrons. The fourth-order valence-corrected chi connectivity index (χ4v) is 4.86. The normalized spacial score (nSPS) is 18.7. The first-order valence-electron chi connectivity index (χ1n) is 10.5. The maximum Gasteiger partial charge on any atom is 0.125 e. The van der Waals surface area contributed by atoms with E-state index in [0.717, 1.165) is 4.90 Å². The third-order valence-corrected chi connectivity index (χ3v) is 6.71. The Morgan fingerprint density at radius 2 is 1.85 bits per heavy atom. The smallest absolute Gasteiger partial charge is 0.125 e. The van der Waals surface area contributed by atoms with Crippen LogP contribution in [0.4, 0.5) is 0 Å². The first kappa shape index (κ1) is 21.4. The van der Waals surface area contributed by atoms with Crippen LogP contribution in [0.1, 0.15) is 83.6 Å². The fraction of sp³-hybridized carbons (Fsp3) is 0.652. The molecule has 0 amide bonds. The molecule has 0 spiro atoms. The van der Waals surface area contributed by atoms with E-state index in [1.54, 1.807) is 0 Å². The molecule has 2 atom stereocenters. The van der Waals surface area contributed by atoms with Crippen molar-refractivity contribution in [2.24, 2.45) is 5.92 Å². The van der Waals surface area contributed by atoms with E-state index in [-0.39, 0.29) is 6.04 Å². The van der Waals surface area contributed by atoms with E-state index in [0.29, 0.717) is 5.92 Å². The lowest BCUT2D eigenvalue weighted by molar-refractivity contribution is 0.321. The molecule has 1 aromatic rings. The van der Waals surface area contributed by atoms with E-state index >= 15 is 0 Å². The lowest BCUT2D eigenvalue weighted by Gasteiger charge is -2.29. The second-order valence-electron chi connectivity index (χ2n) is 7.95. The van der Waals surface area contributed by atoms with Crippen molar-refractivity contribution in [3.05, 3.63) is 41.5 Å². The zero-order chi connectivity index (χ0) is 18.8. The van der Waals surface area contributed by atoms with Gasteiger partial charge in [-0.1, -0.05) is 74.8 Å². The van der Waals surface area contributed by atoms with Crippen LogP contribution < -0.4 is 4.72 Å². The van der Waals surface area contributed by atoms with Crippen LogP contribution in [0.2, 0.25) is 0 Å². The molecule has 0 heterocycles. The van der Waals surface area contributed by atoms with E-state index in [1.165, 1.54) is 75.3 Å². The molecule has 146 valence electrons. The number of allylic oxidation sites excluding steroid dienone is 1. The molecule has 1 aliphatic carbocycles. The molecular weight excluding hydrogens is 338 g/mol. The standard InChI is InChI=1S/C23H37NOS/c1-4-5-6-8-11-20(3)18-23(21-12-9-7-10-13-21)24-26(25)22-16-14-19(2)15-17-22/h14-18,21,23-24H,4-13H2,1-3H3/b20-18+. The van der Waals surface area contributed by atoms with E-state index in [9.17, 15) is 4.21 Å². The molecule has 0 saturated heterocycles. The summed E-state index contributed by atoms with van der Waals surface area (Å²) in [6, 6.07) is 8.28. The van der Waals surface area contributed by atoms with Crippen molar-refractivity contribution in [2.75, 3.05) is 0 Å². The van der Waals surface area contributed by atoms with Crippen molar-refractivity contribution in [1.29, 1.82) is 0 Å². The van der Waals surface area contributed by atoms with Gasteiger partial charge >= 0.3 is 0 Å².